The minimum Gasteiger partial charge on any atom is -0.496 e. The lowest BCUT2D eigenvalue weighted by Crippen LogP contribution is -2.21. The zero-order valence-electron chi connectivity index (χ0n) is 18.3. The molecule has 0 radical (unpaired) electrons. The van der Waals surface area contributed by atoms with Crippen molar-refractivity contribution in [2.45, 2.75) is 12.8 Å². The van der Waals surface area contributed by atoms with E-state index in [1.165, 1.54) is 0 Å². The lowest BCUT2D eigenvalue weighted by Gasteiger charge is -2.26. The highest BCUT2D eigenvalue weighted by Crippen LogP contribution is 2.49. The third-order valence-electron chi connectivity index (χ3n) is 5.83. The topological polar surface area (TPSA) is 106 Å². The minimum absolute atomic E-state index is 0.0368. The second kappa shape index (κ2) is 8.24. The van der Waals surface area contributed by atoms with E-state index in [-0.39, 0.29) is 5.88 Å². The van der Waals surface area contributed by atoms with Crippen LogP contribution in [0, 0.1) is 11.3 Å². The van der Waals surface area contributed by atoms with Crippen molar-refractivity contribution in [1.82, 2.24) is 10.2 Å². The fourth-order valence-electron chi connectivity index (χ4n) is 4.39. The average molecular weight is 438 g/mol. The first-order valence-electron chi connectivity index (χ1n) is 10.6. The highest BCUT2D eigenvalue weighted by atomic mass is 16.5. The van der Waals surface area contributed by atoms with Gasteiger partial charge in [-0.3, -0.25) is 5.10 Å². The second-order valence-corrected chi connectivity index (χ2v) is 7.60. The molecule has 0 amide bonds. The number of allylic oxidation sites excluding steroid dienone is 1. The van der Waals surface area contributed by atoms with Crippen molar-refractivity contribution in [2.24, 2.45) is 5.73 Å². The van der Waals surface area contributed by atoms with Crippen molar-refractivity contribution in [3.8, 4) is 34.7 Å². The third-order valence-corrected chi connectivity index (χ3v) is 5.83. The Morgan fingerprint density at radius 2 is 1.88 bits per heavy atom. The van der Waals surface area contributed by atoms with E-state index in [0.29, 0.717) is 23.8 Å². The van der Waals surface area contributed by atoms with Crippen molar-refractivity contribution < 1.29 is 14.2 Å². The van der Waals surface area contributed by atoms with Crippen molar-refractivity contribution >= 4 is 10.8 Å². The number of hydrogen-bond acceptors (Lipinski definition) is 6. The fourth-order valence-corrected chi connectivity index (χ4v) is 4.39. The van der Waals surface area contributed by atoms with Crippen LogP contribution in [0.4, 0.5) is 0 Å². The van der Waals surface area contributed by atoms with Crippen molar-refractivity contribution in [1.29, 1.82) is 5.26 Å². The maximum Gasteiger partial charge on any atom is 0.244 e. The van der Waals surface area contributed by atoms with Gasteiger partial charge in [0.1, 0.15) is 23.1 Å². The molecule has 0 fully saturated rings. The molecule has 0 saturated carbocycles. The van der Waals surface area contributed by atoms with Crippen molar-refractivity contribution in [2.75, 3.05) is 13.7 Å². The molecule has 0 saturated heterocycles. The Morgan fingerprint density at radius 1 is 1.09 bits per heavy atom. The highest BCUT2D eigenvalue weighted by Gasteiger charge is 2.38. The Morgan fingerprint density at radius 3 is 2.61 bits per heavy atom. The van der Waals surface area contributed by atoms with Crippen LogP contribution in [0.25, 0.3) is 22.0 Å². The molecular formula is C26H22N4O3. The molecule has 0 spiro atoms. The molecule has 1 aromatic heterocycles. The van der Waals surface area contributed by atoms with Gasteiger partial charge in [0.15, 0.2) is 0 Å². The minimum atomic E-state index is -0.528. The molecule has 1 aliphatic heterocycles. The highest BCUT2D eigenvalue weighted by molar-refractivity contribution is 5.90. The van der Waals surface area contributed by atoms with Gasteiger partial charge in [-0.05, 0) is 48.0 Å². The molecule has 0 bridgehead atoms. The van der Waals surface area contributed by atoms with Crippen LogP contribution in [-0.4, -0.2) is 23.9 Å². The van der Waals surface area contributed by atoms with E-state index >= 15 is 0 Å². The Hall–Kier alpha value is -4.44. The molecule has 164 valence electrons. The van der Waals surface area contributed by atoms with E-state index in [4.69, 9.17) is 19.9 Å². The summed E-state index contributed by atoms with van der Waals surface area (Å²) in [6.45, 7) is 2.53. The van der Waals surface area contributed by atoms with Gasteiger partial charge in [-0.25, -0.2) is 0 Å². The van der Waals surface area contributed by atoms with Gasteiger partial charge < -0.3 is 19.9 Å². The molecule has 0 unspecified atom stereocenters. The normalized spacial score (nSPS) is 15.0. The van der Waals surface area contributed by atoms with Gasteiger partial charge >= 0.3 is 0 Å². The SMILES string of the molecule is CCOc1ccc(-c2[nH]nc3c2[C@@H](c2c(OC)ccc4ccccc24)C(C#N)=C(N)O3)cc1. The summed E-state index contributed by atoms with van der Waals surface area (Å²) in [6, 6.07) is 21.9. The monoisotopic (exact) mass is 438 g/mol. The molecule has 3 N–H and O–H groups in total. The predicted molar refractivity (Wildman–Crippen MR) is 125 cm³/mol. The van der Waals surface area contributed by atoms with E-state index < -0.39 is 5.92 Å². The number of H-pyrrole nitrogens is 1. The predicted octanol–water partition coefficient (Wildman–Crippen LogP) is 4.86. The quantitative estimate of drug-likeness (QED) is 0.461. The number of aromatic amines is 1. The number of fused-ring (bicyclic) bond motifs is 2. The van der Waals surface area contributed by atoms with Crippen LogP contribution in [0.1, 0.15) is 24.0 Å². The molecule has 4 aromatic rings. The second-order valence-electron chi connectivity index (χ2n) is 7.60. The summed E-state index contributed by atoms with van der Waals surface area (Å²) in [5.41, 5.74) is 9.71. The molecular weight excluding hydrogens is 416 g/mol. The molecule has 7 nitrogen and oxygen atoms in total. The Kier molecular flexibility index (Phi) is 5.11. The molecule has 33 heavy (non-hydrogen) atoms. The summed E-state index contributed by atoms with van der Waals surface area (Å²) in [7, 11) is 1.62. The maximum absolute atomic E-state index is 10.1. The summed E-state index contributed by atoms with van der Waals surface area (Å²) in [5, 5.41) is 19.6. The van der Waals surface area contributed by atoms with E-state index in [9.17, 15) is 5.26 Å². The van der Waals surface area contributed by atoms with Crippen molar-refractivity contribution in [3.63, 3.8) is 0 Å². The molecule has 2 heterocycles. The lowest BCUT2D eigenvalue weighted by atomic mass is 9.80. The van der Waals surface area contributed by atoms with Crippen LogP contribution in [-0.2, 0) is 0 Å². The van der Waals surface area contributed by atoms with Crippen LogP contribution < -0.4 is 19.9 Å². The molecule has 1 atom stereocenters. The van der Waals surface area contributed by atoms with E-state index in [1.54, 1.807) is 7.11 Å². The van der Waals surface area contributed by atoms with E-state index in [1.807, 2.05) is 67.6 Å². The molecule has 1 aliphatic rings. The summed E-state index contributed by atoms with van der Waals surface area (Å²) < 4.78 is 17.1. The standard InChI is InChI=1S/C26H22N4O3/c1-3-32-17-11-8-16(9-12-17)24-23-22(19(14-27)25(28)33-26(23)30-29-24)21-18-7-5-4-6-15(18)10-13-20(21)31-2/h4-13,22H,3,28H2,1-2H3,(H,29,30)/t22-/m1/s1. The molecule has 0 aliphatic carbocycles. The van der Waals surface area contributed by atoms with E-state index in [0.717, 1.165) is 38.9 Å². The van der Waals surface area contributed by atoms with Crippen molar-refractivity contribution in [3.05, 3.63) is 83.2 Å². The number of nitrogens with two attached hydrogens (primary N) is 1. The molecule has 3 aromatic carbocycles. The Bertz CT molecular complexity index is 1410. The smallest absolute Gasteiger partial charge is 0.244 e. The third kappa shape index (κ3) is 3.33. The Labute approximate surface area is 191 Å². The average Bonchev–Trinajstić information content (AvgIpc) is 3.26. The first-order chi connectivity index (χ1) is 16.2. The Balaban J connectivity index is 1.78. The van der Waals surface area contributed by atoms with Gasteiger partial charge in [0.2, 0.25) is 11.8 Å². The van der Waals surface area contributed by atoms with Gasteiger partial charge in [-0.15, -0.1) is 5.10 Å². The number of methoxy groups -OCH3 is 1. The van der Waals surface area contributed by atoms with Crippen LogP contribution in [0.2, 0.25) is 0 Å². The summed E-state index contributed by atoms with van der Waals surface area (Å²) in [6.07, 6.45) is 0. The number of benzene rings is 3. The zero-order valence-corrected chi connectivity index (χ0v) is 18.3. The largest absolute Gasteiger partial charge is 0.496 e. The first kappa shape index (κ1) is 20.5. The first-order valence-corrected chi connectivity index (χ1v) is 10.6. The molecule has 7 heteroatoms. The molecule has 5 rings (SSSR count). The number of nitriles is 1. The number of rotatable bonds is 5. The lowest BCUT2D eigenvalue weighted by molar-refractivity contribution is 0.340. The van der Waals surface area contributed by atoms with Crippen LogP contribution in [0.15, 0.2) is 72.1 Å². The van der Waals surface area contributed by atoms with Gasteiger partial charge in [-0.1, -0.05) is 30.3 Å². The van der Waals surface area contributed by atoms with Crippen LogP contribution in [0.5, 0.6) is 17.4 Å². The zero-order chi connectivity index (χ0) is 22.9. The van der Waals surface area contributed by atoms with E-state index in [2.05, 4.69) is 16.3 Å². The number of hydrogen-bond donors (Lipinski definition) is 2. The van der Waals surface area contributed by atoms with Gasteiger partial charge in [-0.2, -0.15) is 5.26 Å². The summed E-state index contributed by atoms with van der Waals surface area (Å²) in [4.78, 5) is 0. The van der Waals surface area contributed by atoms with Crippen LogP contribution >= 0.6 is 0 Å². The van der Waals surface area contributed by atoms with Gasteiger partial charge in [0.25, 0.3) is 0 Å². The number of aromatic nitrogens is 2. The van der Waals surface area contributed by atoms with Gasteiger partial charge in [0, 0.05) is 11.1 Å². The number of nitrogens with one attached hydrogen (secondary N) is 1. The summed E-state index contributed by atoms with van der Waals surface area (Å²) >= 11 is 0. The summed E-state index contributed by atoms with van der Waals surface area (Å²) in [5.74, 6) is 1.29. The maximum atomic E-state index is 10.1. The fraction of sp³-hybridized carbons (Fsp3) is 0.154. The number of ether oxygens (including phenoxy) is 3. The number of nitrogens with zero attached hydrogens (tertiary/aromatic N) is 2. The van der Waals surface area contributed by atoms with Gasteiger partial charge in [0.05, 0.1) is 30.9 Å². The van der Waals surface area contributed by atoms with Crippen LogP contribution in [0.3, 0.4) is 0 Å².